The third kappa shape index (κ3) is 2.82. The first kappa shape index (κ1) is 15.3. The van der Waals surface area contributed by atoms with Gasteiger partial charge in [-0.1, -0.05) is 12.8 Å². The predicted octanol–water partition coefficient (Wildman–Crippen LogP) is 0.536. The van der Waals surface area contributed by atoms with Crippen LogP contribution in [0, 0.1) is 0 Å². The van der Waals surface area contributed by atoms with Crippen molar-refractivity contribution in [3.8, 4) is 0 Å². The summed E-state index contributed by atoms with van der Waals surface area (Å²) in [7, 11) is 0. The molecule has 22 heavy (non-hydrogen) atoms. The Bertz CT molecular complexity index is 467. The van der Waals surface area contributed by atoms with E-state index in [2.05, 4.69) is 10.6 Å². The third-order valence-corrected chi connectivity index (χ3v) is 4.78. The van der Waals surface area contributed by atoms with Gasteiger partial charge in [-0.3, -0.25) is 14.5 Å². The van der Waals surface area contributed by atoms with Gasteiger partial charge in [-0.25, -0.2) is 4.79 Å². The molecule has 1 saturated carbocycles. The lowest BCUT2D eigenvalue weighted by Gasteiger charge is -2.20. The maximum absolute atomic E-state index is 12.4. The maximum atomic E-state index is 12.4. The van der Waals surface area contributed by atoms with Crippen molar-refractivity contribution >= 4 is 17.8 Å². The van der Waals surface area contributed by atoms with E-state index in [1.807, 2.05) is 0 Å². The number of carbonyl (C=O) groups excluding carboxylic acids is 3. The molecule has 0 unspecified atom stereocenters. The molecule has 1 aliphatic carbocycles. The highest BCUT2D eigenvalue weighted by Crippen LogP contribution is 2.34. The van der Waals surface area contributed by atoms with Gasteiger partial charge in [0.05, 0.1) is 0 Å². The van der Waals surface area contributed by atoms with Crippen LogP contribution in [-0.4, -0.2) is 54.1 Å². The van der Waals surface area contributed by atoms with Crippen molar-refractivity contribution in [3.63, 3.8) is 0 Å². The minimum absolute atomic E-state index is 0.0954. The van der Waals surface area contributed by atoms with Crippen LogP contribution in [0.5, 0.6) is 0 Å². The number of hydrogen-bond acceptors (Lipinski definition) is 4. The van der Waals surface area contributed by atoms with Gasteiger partial charge in [0.1, 0.15) is 11.6 Å². The Hall–Kier alpha value is -1.63. The monoisotopic (exact) mass is 309 g/mol. The van der Waals surface area contributed by atoms with Gasteiger partial charge < -0.3 is 15.4 Å². The minimum Gasteiger partial charge on any atom is -0.368 e. The standard InChI is InChI=1S/C15H23N3O4/c19-12(11-5-3-10-22-11)16-8-4-9-18-13(20)15(17-14(18)21)6-1-2-7-15/h11H,1-10H2,(H,16,19)(H,17,21)/t11-/m0/s1. The topological polar surface area (TPSA) is 87.7 Å². The quantitative estimate of drug-likeness (QED) is 0.573. The summed E-state index contributed by atoms with van der Waals surface area (Å²) < 4.78 is 5.30. The average Bonchev–Trinajstić information content (AvgIpc) is 3.21. The number of ether oxygens (including phenoxy) is 1. The fourth-order valence-electron chi connectivity index (χ4n) is 3.54. The summed E-state index contributed by atoms with van der Waals surface area (Å²) in [4.78, 5) is 37.5. The maximum Gasteiger partial charge on any atom is 0.325 e. The summed E-state index contributed by atoms with van der Waals surface area (Å²) in [5.41, 5.74) is -0.641. The van der Waals surface area contributed by atoms with Gasteiger partial charge >= 0.3 is 6.03 Å². The fourth-order valence-corrected chi connectivity index (χ4v) is 3.54. The number of hydrogen-bond donors (Lipinski definition) is 2. The lowest BCUT2D eigenvalue weighted by atomic mass is 9.98. The summed E-state index contributed by atoms with van der Waals surface area (Å²) in [6.07, 6.45) is 5.36. The molecule has 2 saturated heterocycles. The van der Waals surface area contributed by atoms with Crippen LogP contribution in [-0.2, 0) is 14.3 Å². The zero-order valence-electron chi connectivity index (χ0n) is 12.7. The van der Waals surface area contributed by atoms with Gasteiger partial charge in [0.15, 0.2) is 0 Å². The molecule has 7 nitrogen and oxygen atoms in total. The molecule has 0 radical (unpaired) electrons. The molecule has 122 valence electrons. The Balaban J connectivity index is 1.42. The molecule has 3 fully saturated rings. The second-order valence-corrected chi connectivity index (χ2v) is 6.32. The molecule has 3 rings (SSSR count). The minimum atomic E-state index is -0.641. The molecule has 2 heterocycles. The Morgan fingerprint density at radius 1 is 1.32 bits per heavy atom. The van der Waals surface area contributed by atoms with E-state index in [1.165, 1.54) is 4.90 Å². The van der Waals surface area contributed by atoms with E-state index < -0.39 is 5.54 Å². The van der Waals surface area contributed by atoms with Crippen LogP contribution in [0.1, 0.15) is 44.9 Å². The molecule has 2 aliphatic heterocycles. The predicted molar refractivity (Wildman–Crippen MR) is 78.0 cm³/mol. The molecule has 2 N–H and O–H groups in total. The number of rotatable bonds is 5. The Morgan fingerprint density at radius 2 is 2.09 bits per heavy atom. The molecule has 1 spiro atoms. The Morgan fingerprint density at radius 3 is 2.77 bits per heavy atom. The third-order valence-electron chi connectivity index (χ3n) is 4.78. The number of amides is 4. The number of nitrogens with one attached hydrogen (secondary N) is 2. The SMILES string of the molecule is O=C(NCCCN1C(=O)NC2(CCCC2)C1=O)[C@@H]1CCCO1. The number of imide groups is 1. The van der Waals surface area contributed by atoms with Gasteiger partial charge in [0, 0.05) is 19.7 Å². The Labute approximate surface area is 129 Å². The highest BCUT2D eigenvalue weighted by Gasteiger charge is 2.51. The van der Waals surface area contributed by atoms with Gasteiger partial charge in [-0.2, -0.15) is 0 Å². The van der Waals surface area contributed by atoms with E-state index in [1.54, 1.807) is 0 Å². The van der Waals surface area contributed by atoms with Crippen LogP contribution in [0.2, 0.25) is 0 Å². The Kier molecular flexibility index (Phi) is 4.33. The van der Waals surface area contributed by atoms with Crippen molar-refractivity contribution in [2.75, 3.05) is 19.7 Å². The van der Waals surface area contributed by atoms with Gasteiger partial charge in [-0.05, 0) is 32.1 Å². The van der Waals surface area contributed by atoms with Crippen LogP contribution in [0.15, 0.2) is 0 Å². The summed E-state index contributed by atoms with van der Waals surface area (Å²) in [5, 5.41) is 5.66. The van der Waals surface area contributed by atoms with Crippen LogP contribution in [0.3, 0.4) is 0 Å². The number of carbonyl (C=O) groups is 3. The van der Waals surface area contributed by atoms with E-state index in [0.29, 0.717) is 26.1 Å². The van der Waals surface area contributed by atoms with Crippen molar-refractivity contribution in [1.82, 2.24) is 15.5 Å². The van der Waals surface area contributed by atoms with Crippen molar-refractivity contribution in [3.05, 3.63) is 0 Å². The largest absolute Gasteiger partial charge is 0.368 e. The number of urea groups is 1. The smallest absolute Gasteiger partial charge is 0.325 e. The van der Waals surface area contributed by atoms with Crippen molar-refractivity contribution < 1.29 is 19.1 Å². The highest BCUT2D eigenvalue weighted by atomic mass is 16.5. The second kappa shape index (κ2) is 6.24. The van der Waals surface area contributed by atoms with E-state index in [9.17, 15) is 14.4 Å². The first-order chi connectivity index (χ1) is 10.6. The molecule has 4 amide bonds. The van der Waals surface area contributed by atoms with E-state index in [0.717, 1.165) is 38.5 Å². The molecule has 0 aromatic rings. The normalized spacial score (nSPS) is 26.7. The molecule has 1 atom stereocenters. The molecule has 0 bridgehead atoms. The molecule has 0 aromatic heterocycles. The first-order valence-electron chi connectivity index (χ1n) is 8.16. The van der Waals surface area contributed by atoms with Gasteiger partial charge in [0.25, 0.3) is 5.91 Å². The van der Waals surface area contributed by atoms with E-state index >= 15 is 0 Å². The molecule has 3 aliphatic rings. The van der Waals surface area contributed by atoms with Crippen molar-refractivity contribution in [1.29, 1.82) is 0 Å². The molecular formula is C15H23N3O4. The summed E-state index contributed by atoms with van der Waals surface area (Å²) in [6, 6.07) is -0.294. The zero-order chi connectivity index (χ0) is 15.6. The van der Waals surface area contributed by atoms with Gasteiger partial charge in [0.2, 0.25) is 5.91 Å². The van der Waals surface area contributed by atoms with E-state index in [4.69, 9.17) is 4.74 Å². The zero-order valence-corrected chi connectivity index (χ0v) is 12.7. The first-order valence-corrected chi connectivity index (χ1v) is 8.16. The lowest BCUT2D eigenvalue weighted by molar-refractivity contribution is -0.131. The molecule has 7 heteroatoms. The second-order valence-electron chi connectivity index (χ2n) is 6.32. The highest BCUT2D eigenvalue weighted by molar-refractivity contribution is 6.07. The van der Waals surface area contributed by atoms with Crippen LogP contribution in [0.4, 0.5) is 4.79 Å². The fraction of sp³-hybridized carbons (Fsp3) is 0.800. The molecular weight excluding hydrogens is 286 g/mol. The van der Waals surface area contributed by atoms with Crippen molar-refractivity contribution in [2.24, 2.45) is 0 Å². The van der Waals surface area contributed by atoms with Crippen LogP contribution < -0.4 is 10.6 Å². The summed E-state index contributed by atoms with van der Waals surface area (Å²) in [5.74, 6) is -0.192. The van der Waals surface area contributed by atoms with E-state index in [-0.39, 0.29) is 23.9 Å². The average molecular weight is 309 g/mol. The van der Waals surface area contributed by atoms with Crippen LogP contribution >= 0.6 is 0 Å². The lowest BCUT2D eigenvalue weighted by Crippen LogP contribution is -2.44. The number of nitrogens with zero attached hydrogens (tertiary/aromatic N) is 1. The summed E-state index contributed by atoms with van der Waals surface area (Å²) in [6.45, 7) is 1.43. The molecule has 0 aromatic carbocycles. The van der Waals surface area contributed by atoms with Crippen molar-refractivity contribution in [2.45, 2.75) is 56.6 Å². The van der Waals surface area contributed by atoms with Gasteiger partial charge in [-0.15, -0.1) is 0 Å². The summed E-state index contributed by atoms with van der Waals surface area (Å²) >= 11 is 0. The van der Waals surface area contributed by atoms with Crippen LogP contribution in [0.25, 0.3) is 0 Å².